The standard InChI is InChI=1S/C7H9NO2S/c1-8-5-3-6(11-4-5)7(9)10-2/h3-4,8H,1-2H3. The first kappa shape index (κ1) is 8.07. The summed E-state index contributed by atoms with van der Waals surface area (Å²) in [7, 11) is 3.18. The van der Waals surface area contributed by atoms with Gasteiger partial charge < -0.3 is 10.1 Å². The van der Waals surface area contributed by atoms with Gasteiger partial charge in [0, 0.05) is 18.1 Å². The van der Waals surface area contributed by atoms with Gasteiger partial charge in [-0.3, -0.25) is 0 Å². The Balaban J connectivity index is 2.80. The van der Waals surface area contributed by atoms with Crippen LogP contribution in [0.3, 0.4) is 0 Å². The van der Waals surface area contributed by atoms with Gasteiger partial charge in [0.05, 0.1) is 7.11 Å². The summed E-state index contributed by atoms with van der Waals surface area (Å²) in [5, 5.41) is 4.80. The molecule has 60 valence electrons. The van der Waals surface area contributed by atoms with E-state index in [2.05, 4.69) is 10.1 Å². The lowest BCUT2D eigenvalue weighted by Crippen LogP contribution is -1.97. The summed E-state index contributed by atoms with van der Waals surface area (Å²) < 4.78 is 4.54. The van der Waals surface area contributed by atoms with Gasteiger partial charge in [-0.2, -0.15) is 0 Å². The Morgan fingerprint density at radius 1 is 1.73 bits per heavy atom. The van der Waals surface area contributed by atoms with Crippen LogP contribution in [0, 0.1) is 0 Å². The Morgan fingerprint density at radius 3 is 2.91 bits per heavy atom. The molecule has 0 unspecified atom stereocenters. The first-order valence-corrected chi connectivity index (χ1v) is 4.00. The maximum absolute atomic E-state index is 10.9. The van der Waals surface area contributed by atoms with Crippen molar-refractivity contribution in [2.24, 2.45) is 0 Å². The number of ether oxygens (including phenoxy) is 1. The fourth-order valence-electron chi connectivity index (χ4n) is 0.675. The van der Waals surface area contributed by atoms with Crippen molar-refractivity contribution < 1.29 is 9.53 Å². The molecule has 3 nitrogen and oxygen atoms in total. The van der Waals surface area contributed by atoms with E-state index in [1.807, 2.05) is 12.4 Å². The molecule has 0 aromatic carbocycles. The molecule has 0 fully saturated rings. The molecule has 1 rings (SSSR count). The fourth-order valence-corrected chi connectivity index (χ4v) is 1.49. The highest BCUT2D eigenvalue weighted by atomic mass is 32.1. The van der Waals surface area contributed by atoms with E-state index in [0.29, 0.717) is 4.88 Å². The highest BCUT2D eigenvalue weighted by Gasteiger charge is 2.07. The average molecular weight is 171 g/mol. The third-order valence-electron chi connectivity index (χ3n) is 1.27. The maximum Gasteiger partial charge on any atom is 0.348 e. The zero-order valence-electron chi connectivity index (χ0n) is 6.38. The summed E-state index contributed by atoms with van der Waals surface area (Å²) in [6.45, 7) is 0. The number of nitrogens with one attached hydrogen (secondary N) is 1. The number of rotatable bonds is 2. The lowest BCUT2D eigenvalue weighted by atomic mass is 10.4. The van der Waals surface area contributed by atoms with Gasteiger partial charge in [-0.05, 0) is 6.07 Å². The number of carbonyl (C=O) groups excluding carboxylic acids is 1. The molecule has 1 heterocycles. The number of hydrogen-bond acceptors (Lipinski definition) is 4. The van der Waals surface area contributed by atoms with E-state index in [4.69, 9.17) is 0 Å². The van der Waals surface area contributed by atoms with Gasteiger partial charge in [-0.25, -0.2) is 4.79 Å². The lowest BCUT2D eigenvalue weighted by molar-refractivity contribution is 0.0606. The highest BCUT2D eigenvalue weighted by Crippen LogP contribution is 2.18. The number of methoxy groups -OCH3 is 1. The minimum Gasteiger partial charge on any atom is -0.465 e. The van der Waals surface area contributed by atoms with Gasteiger partial charge in [0.2, 0.25) is 0 Å². The van der Waals surface area contributed by atoms with E-state index in [0.717, 1.165) is 5.69 Å². The molecule has 0 saturated carbocycles. The third-order valence-corrected chi connectivity index (χ3v) is 2.18. The Morgan fingerprint density at radius 2 is 2.45 bits per heavy atom. The molecule has 0 bridgehead atoms. The number of esters is 1. The van der Waals surface area contributed by atoms with Crippen molar-refractivity contribution in [1.82, 2.24) is 0 Å². The molecule has 0 spiro atoms. The van der Waals surface area contributed by atoms with Crippen LogP contribution in [0.4, 0.5) is 5.69 Å². The Kier molecular flexibility index (Phi) is 2.48. The molecule has 4 heteroatoms. The van der Waals surface area contributed by atoms with Crippen LogP contribution in [0.15, 0.2) is 11.4 Å². The number of anilines is 1. The predicted molar refractivity (Wildman–Crippen MR) is 45.2 cm³/mol. The van der Waals surface area contributed by atoms with Gasteiger partial charge in [-0.15, -0.1) is 11.3 Å². The van der Waals surface area contributed by atoms with Crippen LogP contribution in [0.2, 0.25) is 0 Å². The predicted octanol–water partition coefficient (Wildman–Crippen LogP) is 1.58. The van der Waals surface area contributed by atoms with Gasteiger partial charge in [0.1, 0.15) is 4.88 Å². The molecule has 1 N–H and O–H groups in total. The summed E-state index contributed by atoms with van der Waals surface area (Å²) in [6, 6.07) is 1.76. The average Bonchev–Trinajstić information content (AvgIpc) is 2.50. The molecule has 0 aliphatic carbocycles. The van der Waals surface area contributed by atoms with Crippen LogP contribution >= 0.6 is 11.3 Å². The first-order valence-electron chi connectivity index (χ1n) is 3.12. The first-order chi connectivity index (χ1) is 5.27. The fraction of sp³-hybridized carbons (Fsp3) is 0.286. The van der Waals surface area contributed by atoms with Crippen LogP contribution in [0.5, 0.6) is 0 Å². The Hall–Kier alpha value is -1.03. The second-order valence-electron chi connectivity index (χ2n) is 1.94. The monoisotopic (exact) mass is 171 g/mol. The summed E-state index contributed by atoms with van der Waals surface area (Å²) in [4.78, 5) is 11.5. The van der Waals surface area contributed by atoms with Gasteiger partial charge in [-0.1, -0.05) is 0 Å². The van der Waals surface area contributed by atoms with Crippen molar-refractivity contribution in [1.29, 1.82) is 0 Å². The van der Waals surface area contributed by atoms with Crippen LogP contribution in [0.25, 0.3) is 0 Å². The summed E-state index contributed by atoms with van der Waals surface area (Å²) >= 11 is 1.37. The van der Waals surface area contributed by atoms with Crippen molar-refractivity contribution in [2.75, 3.05) is 19.5 Å². The molecule has 0 aliphatic heterocycles. The van der Waals surface area contributed by atoms with E-state index in [9.17, 15) is 4.79 Å². The van der Waals surface area contributed by atoms with Crippen molar-refractivity contribution in [3.05, 3.63) is 16.3 Å². The maximum atomic E-state index is 10.9. The largest absolute Gasteiger partial charge is 0.465 e. The SMILES string of the molecule is CNc1csc(C(=O)OC)c1. The molecule has 1 aromatic heterocycles. The summed E-state index contributed by atoms with van der Waals surface area (Å²) in [6.07, 6.45) is 0. The highest BCUT2D eigenvalue weighted by molar-refractivity contribution is 7.12. The lowest BCUT2D eigenvalue weighted by Gasteiger charge is -1.92. The van der Waals surface area contributed by atoms with E-state index in [1.165, 1.54) is 18.4 Å². The van der Waals surface area contributed by atoms with Crippen LogP contribution in [-0.2, 0) is 4.74 Å². The number of thiophene rings is 1. The molecule has 1 aromatic rings. The van der Waals surface area contributed by atoms with Crippen molar-refractivity contribution in [2.45, 2.75) is 0 Å². The van der Waals surface area contributed by atoms with Gasteiger partial charge in [0.15, 0.2) is 0 Å². The molecule has 0 atom stereocenters. The zero-order chi connectivity index (χ0) is 8.27. The van der Waals surface area contributed by atoms with Crippen molar-refractivity contribution in [3.8, 4) is 0 Å². The zero-order valence-corrected chi connectivity index (χ0v) is 7.20. The van der Waals surface area contributed by atoms with Crippen LogP contribution in [0.1, 0.15) is 9.67 Å². The van der Waals surface area contributed by atoms with Gasteiger partial charge in [0.25, 0.3) is 0 Å². The minimum absolute atomic E-state index is 0.281. The van der Waals surface area contributed by atoms with E-state index >= 15 is 0 Å². The van der Waals surface area contributed by atoms with E-state index in [1.54, 1.807) is 6.07 Å². The minimum atomic E-state index is -0.281. The summed E-state index contributed by atoms with van der Waals surface area (Å²) in [5.41, 5.74) is 0.940. The second-order valence-corrected chi connectivity index (χ2v) is 2.85. The van der Waals surface area contributed by atoms with Crippen molar-refractivity contribution in [3.63, 3.8) is 0 Å². The molecule has 0 radical (unpaired) electrons. The third kappa shape index (κ3) is 1.71. The van der Waals surface area contributed by atoms with E-state index < -0.39 is 0 Å². The Bertz CT molecular complexity index is 257. The molecule has 11 heavy (non-hydrogen) atoms. The van der Waals surface area contributed by atoms with Crippen molar-refractivity contribution >= 4 is 23.0 Å². The number of hydrogen-bond donors (Lipinski definition) is 1. The summed E-state index contributed by atoms with van der Waals surface area (Å²) in [5.74, 6) is -0.281. The topological polar surface area (TPSA) is 38.3 Å². The molecule has 0 amide bonds. The van der Waals surface area contributed by atoms with E-state index in [-0.39, 0.29) is 5.97 Å². The van der Waals surface area contributed by atoms with Crippen LogP contribution < -0.4 is 5.32 Å². The molecule has 0 aliphatic rings. The second kappa shape index (κ2) is 3.39. The quantitative estimate of drug-likeness (QED) is 0.686. The van der Waals surface area contributed by atoms with Crippen LogP contribution in [-0.4, -0.2) is 20.1 Å². The number of carbonyl (C=O) groups is 1. The molecular formula is C7H9NO2S. The molecule has 0 saturated heterocycles. The normalized spacial score (nSPS) is 9.27. The Labute approximate surface area is 69.0 Å². The molecular weight excluding hydrogens is 162 g/mol. The smallest absolute Gasteiger partial charge is 0.348 e. The van der Waals surface area contributed by atoms with Gasteiger partial charge >= 0.3 is 5.97 Å².